The average Bonchev–Trinajstić information content (AvgIpc) is 2.57. The maximum absolute atomic E-state index is 12.4. The molecule has 0 unspecified atom stereocenters. The molecule has 0 spiro atoms. The lowest BCUT2D eigenvalue weighted by molar-refractivity contribution is 0.0432. The van der Waals surface area contributed by atoms with E-state index in [1.165, 1.54) is 11.8 Å². The molecule has 1 aromatic heterocycles. The van der Waals surface area contributed by atoms with Crippen LogP contribution >= 0.6 is 0 Å². The molecule has 3 rings (SSSR count). The standard InChI is InChI=1S/C17H20N4O2/c22-16(20-15-6-9-18-19-13-15)21-17(7-10-23-11-8-17)12-14-4-2-1-3-5-14/h1-6,9,13H,7-8,10-12H2,(H2,18,20,21,22). The van der Waals surface area contributed by atoms with Crippen LogP contribution < -0.4 is 10.6 Å². The fourth-order valence-corrected chi connectivity index (χ4v) is 2.86. The molecule has 0 atom stereocenters. The van der Waals surface area contributed by atoms with Gasteiger partial charge in [0.2, 0.25) is 0 Å². The first-order valence-electron chi connectivity index (χ1n) is 7.73. The number of anilines is 1. The molecule has 23 heavy (non-hydrogen) atoms. The molecule has 2 amide bonds. The van der Waals surface area contributed by atoms with Gasteiger partial charge in [0.05, 0.1) is 23.6 Å². The van der Waals surface area contributed by atoms with Crippen LogP contribution in [0.5, 0.6) is 0 Å². The summed E-state index contributed by atoms with van der Waals surface area (Å²) >= 11 is 0. The highest BCUT2D eigenvalue weighted by Gasteiger charge is 2.34. The topological polar surface area (TPSA) is 76.1 Å². The number of nitrogens with one attached hydrogen (secondary N) is 2. The third kappa shape index (κ3) is 4.26. The Hall–Kier alpha value is -2.47. The summed E-state index contributed by atoms with van der Waals surface area (Å²) in [4.78, 5) is 12.4. The van der Waals surface area contributed by atoms with Crippen LogP contribution in [0.25, 0.3) is 0 Å². The Balaban J connectivity index is 1.70. The van der Waals surface area contributed by atoms with Gasteiger partial charge in [-0.25, -0.2) is 4.79 Å². The number of aromatic nitrogens is 2. The van der Waals surface area contributed by atoms with Crippen LogP contribution in [-0.2, 0) is 11.2 Å². The van der Waals surface area contributed by atoms with E-state index in [1.54, 1.807) is 12.3 Å². The van der Waals surface area contributed by atoms with Gasteiger partial charge in [0.1, 0.15) is 0 Å². The fourth-order valence-electron chi connectivity index (χ4n) is 2.86. The molecule has 1 aromatic carbocycles. The first-order valence-corrected chi connectivity index (χ1v) is 7.73. The van der Waals surface area contributed by atoms with E-state index >= 15 is 0 Å². The summed E-state index contributed by atoms with van der Waals surface area (Å²) in [6.07, 6.45) is 5.45. The molecular weight excluding hydrogens is 292 g/mol. The molecule has 6 heteroatoms. The molecule has 6 nitrogen and oxygen atoms in total. The second-order valence-electron chi connectivity index (χ2n) is 5.77. The first kappa shape index (κ1) is 15.4. The summed E-state index contributed by atoms with van der Waals surface area (Å²) in [6.45, 7) is 1.31. The number of benzene rings is 1. The monoisotopic (exact) mass is 312 g/mol. The van der Waals surface area contributed by atoms with Gasteiger partial charge in [-0.2, -0.15) is 10.2 Å². The van der Waals surface area contributed by atoms with Crippen molar-refractivity contribution in [3.05, 3.63) is 54.4 Å². The van der Waals surface area contributed by atoms with Gasteiger partial charge in [-0.05, 0) is 30.9 Å². The number of nitrogens with zero attached hydrogens (tertiary/aromatic N) is 2. The smallest absolute Gasteiger partial charge is 0.319 e. The van der Waals surface area contributed by atoms with Crippen molar-refractivity contribution >= 4 is 11.7 Å². The normalized spacial score (nSPS) is 16.5. The van der Waals surface area contributed by atoms with Gasteiger partial charge >= 0.3 is 6.03 Å². The van der Waals surface area contributed by atoms with Gasteiger partial charge in [-0.15, -0.1) is 0 Å². The Kier molecular flexibility index (Phi) is 4.83. The predicted molar refractivity (Wildman–Crippen MR) is 87.1 cm³/mol. The molecule has 2 aromatic rings. The molecule has 1 aliphatic rings. The number of carbonyl (C=O) groups excluding carboxylic acids is 1. The van der Waals surface area contributed by atoms with Gasteiger partial charge < -0.3 is 15.4 Å². The molecule has 2 N–H and O–H groups in total. The van der Waals surface area contributed by atoms with Crippen LogP contribution in [0, 0.1) is 0 Å². The third-order valence-corrected chi connectivity index (χ3v) is 4.06. The maximum Gasteiger partial charge on any atom is 0.319 e. The van der Waals surface area contributed by atoms with E-state index in [0.717, 1.165) is 19.3 Å². The molecule has 2 heterocycles. The van der Waals surface area contributed by atoms with Crippen LogP contribution in [0.2, 0.25) is 0 Å². The lowest BCUT2D eigenvalue weighted by Crippen LogP contribution is -2.54. The van der Waals surface area contributed by atoms with Crippen molar-refractivity contribution in [2.45, 2.75) is 24.8 Å². The molecule has 120 valence electrons. The fraction of sp³-hybridized carbons (Fsp3) is 0.353. The highest BCUT2D eigenvalue weighted by molar-refractivity contribution is 5.89. The average molecular weight is 312 g/mol. The summed E-state index contributed by atoms with van der Waals surface area (Å²) in [5.74, 6) is 0. The Bertz CT molecular complexity index is 628. The summed E-state index contributed by atoms with van der Waals surface area (Å²) < 4.78 is 5.47. The Morgan fingerprint density at radius 2 is 1.91 bits per heavy atom. The molecule has 1 aliphatic heterocycles. The first-order chi connectivity index (χ1) is 11.3. The SMILES string of the molecule is O=C(Nc1ccnnc1)NC1(Cc2ccccc2)CCOCC1. The summed E-state index contributed by atoms with van der Waals surface area (Å²) in [5.41, 5.74) is 1.55. The summed E-state index contributed by atoms with van der Waals surface area (Å²) in [5, 5.41) is 13.4. The highest BCUT2D eigenvalue weighted by Crippen LogP contribution is 2.25. The molecule has 0 saturated carbocycles. The minimum absolute atomic E-state index is 0.226. The van der Waals surface area contributed by atoms with Crippen LogP contribution in [-0.4, -0.2) is 35.0 Å². The Morgan fingerprint density at radius 3 is 2.61 bits per heavy atom. The number of amides is 2. The minimum Gasteiger partial charge on any atom is -0.381 e. The quantitative estimate of drug-likeness (QED) is 0.909. The van der Waals surface area contributed by atoms with Crippen molar-refractivity contribution in [2.75, 3.05) is 18.5 Å². The number of carbonyl (C=O) groups is 1. The van der Waals surface area contributed by atoms with E-state index in [1.807, 2.05) is 18.2 Å². The lowest BCUT2D eigenvalue weighted by Gasteiger charge is -2.38. The zero-order valence-corrected chi connectivity index (χ0v) is 12.9. The van der Waals surface area contributed by atoms with Crippen molar-refractivity contribution in [3.8, 4) is 0 Å². The van der Waals surface area contributed by atoms with Crippen molar-refractivity contribution in [1.82, 2.24) is 15.5 Å². The van der Waals surface area contributed by atoms with Gasteiger partial charge in [0.15, 0.2) is 0 Å². The van der Waals surface area contributed by atoms with Gasteiger partial charge in [-0.3, -0.25) is 0 Å². The summed E-state index contributed by atoms with van der Waals surface area (Å²) in [7, 11) is 0. The van der Waals surface area contributed by atoms with E-state index in [9.17, 15) is 4.79 Å². The van der Waals surface area contributed by atoms with Crippen molar-refractivity contribution < 1.29 is 9.53 Å². The van der Waals surface area contributed by atoms with E-state index in [-0.39, 0.29) is 11.6 Å². The minimum atomic E-state index is -0.288. The van der Waals surface area contributed by atoms with Gasteiger partial charge in [0, 0.05) is 13.2 Å². The molecular formula is C17H20N4O2. The van der Waals surface area contributed by atoms with Crippen molar-refractivity contribution in [1.29, 1.82) is 0 Å². The van der Waals surface area contributed by atoms with E-state index in [2.05, 4.69) is 33.0 Å². The summed E-state index contributed by atoms with van der Waals surface area (Å²) in [6, 6.07) is 11.7. The van der Waals surface area contributed by atoms with E-state index < -0.39 is 0 Å². The van der Waals surface area contributed by atoms with Gasteiger partial charge in [0.25, 0.3) is 0 Å². The number of ether oxygens (including phenoxy) is 1. The third-order valence-electron chi connectivity index (χ3n) is 4.06. The zero-order chi connectivity index (χ0) is 16.0. The maximum atomic E-state index is 12.4. The van der Waals surface area contributed by atoms with Crippen LogP contribution in [0.4, 0.5) is 10.5 Å². The highest BCUT2D eigenvalue weighted by atomic mass is 16.5. The van der Waals surface area contributed by atoms with Crippen LogP contribution in [0.1, 0.15) is 18.4 Å². The Morgan fingerprint density at radius 1 is 1.13 bits per heavy atom. The molecule has 0 bridgehead atoms. The number of rotatable bonds is 4. The number of hydrogen-bond donors (Lipinski definition) is 2. The van der Waals surface area contributed by atoms with Crippen molar-refractivity contribution in [3.63, 3.8) is 0 Å². The largest absolute Gasteiger partial charge is 0.381 e. The van der Waals surface area contributed by atoms with E-state index in [0.29, 0.717) is 18.9 Å². The second-order valence-corrected chi connectivity index (χ2v) is 5.77. The Labute approximate surface area is 135 Å². The molecule has 1 saturated heterocycles. The lowest BCUT2D eigenvalue weighted by atomic mass is 9.84. The van der Waals surface area contributed by atoms with Crippen molar-refractivity contribution in [2.24, 2.45) is 0 Å². The molecule has 1 fully saturated rings. The number of hydrogen-bond acceptors (Lipinski definition) is 4. The number of urea groups is 1. The van der Waals surface area contributed by atoms with Gasteiger partial charge in [-0.1, -0.05) is 30.3 Å². The van der Waals surface area contributed by atoms with Crippen LogP contribution in [0.3, 0.4) is 0 Å². The molecule has 0 aliphatic carbocycles. The second kappa shape index (κ2) is 7.19. The van der Waals surface area contributed by atoms with E-state index in [4.69, 9.17) is 4.74 Å². The van der Waals surface area contributed by atoms with Crippen LogP contribution in [0.15, 0.2) is 48.8 Å². The molecule has 0 radical (unpaired) electrons. The zero-order valence-electron chi connectivity index (χ0n) is 12.9. The predicted octanol–water partition coefficient (Wildman–Crippen LogP) is 2.39.